The maximum absolute atomic E-state index is 15.0. The number of fused-ring (bicyclic) bond motifs is 1. The van der Waals surface area contributed by atoms with Crippen LogP contribution in [0, 0.1) is 22.7 Å². The van der Waals surface area contributed by atoms with Crippen LogP contribution in [0.25, 0.3) is 5.76 Å². The molecule has 3 N–H and O–H groups in total. The summed E-state index contributed by atoms with van der Waals surface area (Å²) in [4.78, 5) is 49.1. The Morgan fingerprint density at radius 2 is 1.52 bits per heavy atom. The number of carbonyl (C=O) groups is 3. The number of allylic oxidation sites excluding steroid dienone is 5. The zero-order valence-corrected chi connectivity index (χ0v) is 24.4. The minimum atomic E-state index is -1.79. The molecular formula is C33H42O7. The number of hydrogen-bond acceptors (Lipinski definition) is 7. The lowest BCUT2D eigenvalue weighted by molar-refractivity contribution is -0.349. The van der Waals surface area contributed by atoms with E-state index in [1.165, 1.54) is 0 Å². The van der Waals surface area contributed by atoms with Gasteiger partial charge in [-0.05, 0) is 91.9 Å². The molecule has 1 aromatic carbocycles. The lowest BCUT2D eigenvalue weighted by Gasteiger charge is -2.55. The van der Waals surface area contributed by atoms with Crippen LogP contribution in [0.3, 0.4) is 0 Å². The largest absolute Gasteiger partial charge is 0.506 e. The van der Waals surface area contributed by atoms with Gasteiger partial charge in [-0.15, -0.1) is 0 Å². The fourth-order valence-corrected chi connectivity index (χ4v) is 7.40. The first-order valence-electron chi connectivity index (χ1n) is 14.1. The SMILES string of the molecule is CC(C)=CCC1(CC=C(C)C)C(=O)/C(=C(\O)c2ccccc2)C(=O)[C@]2(C[C@H]3[C@@H](CC[C@@]3(C)O)[C@](C)(OO)C2)C1=O. The van der Waals surface area contributed by atoms with Gasteiger partial charge in [-0.2, -0.15) is 0 Å². The quantitative estimate of drug-likeness (QED) is 0.0735. The van der Waals surface area contributed by atoms with E-state index in [4.69, 9.17) is 4.89 Å². The van der Waals surface area contributed by atoms with Gasteiger partial charge in [0.15, 0.2) is 17.3 Å². The second-order valence-electron chi connectivity index (χ2n) is 13.1. The summed E-state index contributed by atoms with van der Waals surface area (Å²) in [5.41, 5.74) is -4.25. The van der Waals surface area contributed by atoms with E-state index in [1.54, 1.807) is 44.2 Å². The van der Waals surface area contributed by atoms with E-state index in [9.17, 15) is 29.9 Å². The molecule has 3 aliphatic rings. The van der Waals surface area contributed by atoms with Gasteiger partial charge in [-0.25, -0.2) is 4.89 Å². The van der Waals surface area contributed by atoms with E-state index in [2.05, 4.69) is 0 Å². The second-order valence-corrected chi connectivity index (χ2v) is 13.1. The van der Waals surface area contributed by atoms with Crippen molar-refractivity contribution in [1.29, 1.82) is 0 Å². The first-order valence-corrected chi connectivity index (χ1v) is 14.1. The van der Waals surface area contributed by atoms with E-state index in [-0.39, 0.29) is 31.6 Å². The third kappa shape index (κ3) is 4.72. The van der Waals surface area contributed by atoms with E-state index in [0.717, 1.165) is 11.1 Å². The molecule has 1 spiro atoms. The molecule has 4 rings (SSSR count). The molecule has 0 unspecified atom stereocenters. The van der Waals surface area contributed by atoms with Gasteiger partial charge < -0.3 is 10.2 Å². The highest BCUT2D eigenvalue weighted by Gasteiger charge is 2.71. The number of ketones is 3. The Labute approximate surface area is 236 Å². The van der Waals surface area contributed by atoms with Crippen molar-refractivity contribution in [3.8, 4) is 0 Å². The highest BCUT2D eigenvalue weighted by molar-refractivity contribution is 6.41. The molecule has 0 amide bonds. The Morgan fingerprint density at radius 1 is 0.950 bits per heavy atom. The minimum absolute atomic E-state index is 0.00548. The van der Waals surface area contributed by atoms with Gasteiger partial charge in [-0.1, -0.05) is 53.6 Å². The molecule has 3 aliphatic carbocycles. The van der Waals surface area contributed by atoms with Crippen LogP contribution >= 0.6 is 0 Å². The predicted molar refractivity (Wildman–Crippen MR) is 152 cm³/mol. The smallest absolute Gasteiger partial charge is 0.184 e. The molecule has 0 aliphatic heterocycles. The summed E-state index contributed by atoms with van der Waals surface area (Å²) in [5, 5.41) is 33.1. The Morgan fingerprint density at radius 3 is 2.05 bits per heavy atom. The Kier molecular flexibility index (Phi) is 7.91. The average Bonchev–Trinajstić information content (AvgIpc) is 3.22. The van der Waals surface area contributed by atoms with Gasteiger partial charge in [0.25, 0.3) is 0 Å². The Bertz CT molecular complexity index is 1270. The monoisotopic (exact) mass is 550 g/mol. The van der Waals surface area contributed by atoms with E-state index in [1.807, 2.05) is 39.8 Å². The fraction of sp³-hybridized carbons (Fsp3) is 0.545. The molecular weight excluding hydrogens is 508 g/mol. The van der Waals surface area contributed by atoms with E-state index < -0.39 is 56.6 Å². The summed E-state index contributed by atoms with van der Waals surface area (Å²) in [7, 11) is 0. The molecule has 0 radical (unpaired) electrons. The standard InChI is InChI=1S/C33H42O7/c1-20(2)12-16-32(17-13-21(3)4)27(35)25(26(34)22-10-8-7-9-11-22)28(36)33(29(32)37)18-24-23(14-15-30(24,5)38)31(6,19-33)40-39/h7-13,23-24,34,38-39H,14-19H2,1-6H3/b26-25+/t23-,24+,30-,31-,33-/m1/s1. The number of carbonyl (C=O) groups excluding carboxylic acids is 3. The maximum atomic E-state index is 15.0. The first-order chi connectivity index (χ1) is 18.6. The minimum Gasteiger partial charge on any atom is -0.506 e. The van der Waals surface area contributed by atoms with Crippen molar-refractivity contribution in [3.05, 3.63) is 64.8 Å². The lowest BCUT2D eigenvalue weighted by atomic mass is 9.47. The summed E-state index contributed by atoms with van der Waals surface area (Å²) in [5.74, 6) is -3.29. The fourth-order valence-electron chi connectivity index (χ4n) is 7.40. The number of hydrogen-bond donors (Lipinski definition) is 3. The zero-order valence-electron chi connectivity index (χ0n) is 24.4. The van der Waals surface area contributed by atoms with Gasteiger partial charge in [0.05, 0.1) is 11.0 Å². The lowest BCUT2D eigenvalue weighted by Crippen LogP contribution is -2.65. The molecule has 0 bridgehead atoms. The average molecular weight is 551 g/mol. The number of aliphatic hydroxyl groups excluding tert-OH is 1. The van der Waals surface area contributed by atoms with Crippen LogP contribution in [0.4, 0.5) is 0 Å². The van der Waals surface area contributed by atoms with Gasteiger partial charge in [0, 0.05) is 5.56 Å². The van der Waals surface area contributed by atoms with Crippen molar-refractivity contribution < 1.29 is 34.7 Å². The molecule has 0 aromatic heterocycles. The molecule has 5 atom stereocenters. The van der Waals surface area contributed by atoms with Gasteiger partial charge >= 0.3 is 0 Å². The van der Waals surface area contributed by atoms with Gasteiger partial charge in [0.2, 0.25) is 0 Å². The molecule has 3 saturated carbocycles. The predicted octanol–water partition coefficient (Wildman–Crippen LogP) is 6.18. The third-order valence-electron chi connectivity index (χ3n) is 9.65. The second kappa shape index (κ2) is 10.5. The molecule has 7 nitrogen and oxygen atoms in total. The summed E-state index contributed by atoms with van der Waals surface area (Å²) >= 11 is 0. The van der Waals surface area contributed by atoms with Crippen LogP contribution in [-0.4, -0.2) is 44.0 Å². The highest BCUT2D eigenvalue weighted by atomic mass is 17.1. The first kappa shape index (κ1) is 30.1. The molecule has 0 heterocycles. The van der Waals surface area contributed by atoms with E-state index >= 15 is 0 Å². The highest BCUT2D eigenvalue weighted by Crippen LogP contribution is 2.63. The molecule has 0 saturated heterocycles. The zero-order chi connectivity index (χ0) is 29.7. The molecule has 3 fully saturated rings. The van der Waals surface area contributed by atoms with Crippen LogP contribution in [0.5, 0.6) is 0 Å². The van der Waals surface area contributed by atoms with Gasteiger partial charge in [0.1, 0.15) is 22.3 Å². The summed E-state index contributed by atoms with van der Waals surface area (Å²) in [6, 6.07) is 8.38. The Hall–Kier alpha value is -2.87. The maximum Gasteiger partial charge on any atom is 0.184 e. The van der Waals surface area contributed by atoms with E-state index in [0.29, 0.717) is 18.4 Å². The summed E-state index contributed by atoms with van der Waals surface area (Å²) < 4.78 is 0. The molecule has 40 heavy (non-hydrogen) atoms. The van der Waals surface area contributed by atoms with Crippen LogP contribution in [0.1, 0.15) is 85.6 Å². The van der Waals surface area contributed by atoms with Crippen LogP contribution in [0.2, 0.25) is 0 Å². The normalized spacial score (nSPS) is 34.5. The molecule has 1 aromatic rings. The molecule has 216 valence electrons. The Balaban J connectivity index is 2.05. The van der Waals surface area contributed by atoms with Crippen LogP contribution < -0.4 is 0 Å². The van der Waals surface area contributed by atoms with Crippen molar-refractivity contribution in [1.82, 2.24) is 0 Å². The number of benzene rings is 1. The van der Waals surface area contributed by atoms with Crippen molar-refractivity contribution in [2.75, 3.05) is 0 Å². The topological polar surface area (TPSA) is 121 Å². The molecule has 7 heteroatoms. The van der Waals surface area contributed by atoms with Crippen molar-refractivity contribution in [3.63, 3.8) is 0 Å². The number of Topliss-reactive ketones (excluding diaryl/α,β-unsaturated/α-hetero) is 3. The summed E-state index contributed by atoms with van der Waals surface area (Å²) in [6.45, 7) is 10.9. The third-order valence-corrected chi connectivity index (χ3v) is 9.65. The van der Waals surface area contributed by atoms with Crippen molar-refractivity contribution in [2.45, 2.75) is 91.3 Å². The van der Waals surface area contributed by atoms with Crippen molar-refractivity contribution >= 4 is 23.1 Å². The summed E-state index contributed by atoms with van der Waals surface area (Å²) in [6.07, 6.45) is 4.60. The van der Waals surface area contributed by atoms with Crippen LogP contribution in [0.15, 0.2) is 59.2 Å². The van der Waals surface area contributed by atoms with Crippen molar-refractivity contribution in [2.24, 2.45) is 22.7 Å². The number of aliphatic hydroxyl groups is 2. The van der Waals surface area contributed by atoms with Gasteiger partial charge in [-0.3, -0.25) is 19.6 Å². The number of rotatable bonds is 6. The van der Waals surface area contributed by atoms with Crippen LogP contribution in [-0.2, 0) is 19.3 Å².